The topological polar surface area (TPSA) is 113 Å². The Labute approximate surface area is 263 Å². The van der Waals surface area contributed by atoms with Crippen LogP contribution in [0, 0.1) is 17.8 Å². The Hall–Kier alpha value is -4.24. The van der Waals surface area contributed by atoms with Crippen LogP contribution in [0.3, 0.4) is 0 Å². The van der Waals surface area contributed by atoms with Crippen molar-refractivity contribution < 1.29 is 29.0 Å². The summed E-state index contributed by atoms with van der Waals surface area (Å²) >= 11 is 3.44. The van der Waals surface area contributed by atoms with Gasteiger partial charge in [-0.3, -0.25) is 14.9 Å². The fourth-order valence-corrected chi connectivity index (χ4v) is 8.52. The molecule has 2 N–H and O–H groups in total. The number of ether oxygens (including phenoxy) is 1. The summed E-state index contributed by atoms with van der Waals surface area (Å²) in [5.74, 6) is 0.316. The summed E-state index contributed by atoms with van der Waals surface area (Å²) in [7, 11) is 0. The van der Waals surface area contributed by atoms with Gasteiger partial charge in [0.2, 0.25) is 0 Å². The monoisotopic (exact) mass is 654 g/mol. The number of carbonyl (C=O) groups is 4. The van der Waals surface area contributed by atoms with Gasteiger partial charge in [-0.15, -0.1) is 0 Å². The molecule has 0 spiro atoms. The Kier molecular flexibility index (Phi) is 7.16. The van der Waals surface area contributed by atoms with E-state index in [-0.39, 0.29) is 23.2 Å². The van der Waals surface area contributed by atoms with E-state index in [2.05, 4.69) is 33.4 Å². The van der Waals surface area contributed by atoms with E-state index in [4.69, 9.17) is 9.84 Å². The standard InChI is InChI=1S/C35H31BrN2O6/c36-27-7-10-30(44-19-20-1-3-24(4-2-20)33(41)42)25(14-27)15-29-31(39)37-34(43)38(32(29)40)28-8-5-26(6-9-28)35-16-21-11-22(17-35)13-23(12-21)18-35/h1-10,14-15,21-23H,11-13,16-19H2,(H,41,42)(H,37,39,43)/b29-15+. The summed E-state index contributed by atoms with van der Waals surface area (Å²) in [5.41, 5.74) is 3.08. The van der Waals surface area contributed by atoms with E-state index in [0.29, 0.717) is 21.5 Å². The van der Waals surface area contributed by atoms with Gasteiger partial charge in [-0.2, -0.15) is 0 Å². The predicted octanol–water partition coefficient (Wildman–Crippen LogP) is 6.86. The van der Waals surface area contributed by atoms with E-state index in [1.54, 1.807) is 30.3 Å². The number of barbiturate groups is 1. The zero-order valence-corrected chi connectivity index (χ0v) is 25.5. The number of benzene rings is 3. The average Bonchev–Trinajstić information content (AvgIpc) is 2.98. The van der Waals surface area contributed by atoms with Crippen LogP contribution >= 0.6 is 15.9 Å². The minimum absolute atomic E-state index is 0.137. The summed E-state index contributed by atoms with van der Waals surface area (Å²) in [4.78, 5) is 51.7. The van der Waals surface area contributed by atoms with Gasteiger partial charge in [0.25, 0.3) is 11.8 Å². The Bertz CT molecular complexity index is 1680. The third-order valence-corrected chi connectivity index (χ3v) is 10.2. The van der Waals surface area contributed by atoms with Gasteiger partial charge in [0.1, 0.15) is 17.9 Å². The minimum atomic E-state index is -1.01. The number of hydrogen-bond acceptors (Lipinski definition) is 5. The maximum Gasteiger partial charge on any atom is 0.335 e. The number of carbonyl (C=O) groups excluding carboxylic acids is 3. The van der Waals surface area contributed by atoms with Crippen molar-refractivity contribution in [3.8, 4) is 5.75 Å². The molecule has 3 aromatic rings. The second-order valence-electron chi connectivity index (χ2n) is 12.7. The van der Waals surface area contributed by atoms with Gasteiger partial charge in [-0.1, -0.05) is 40.2 Å². The summed E-state index contributed by atoms with van der Waals surface area (Å²) in [6.45, 7) is 0.137. The molecule has 4 bridgehead atoms. The second kappa shape index (κ2) is 11.0. The van der Waals surface area contributed by atoms with Gasteiger partial charge in [-0.05, 0) is 121 Å². The van der Waals surface area contributed by atoms with Crippen molar-refractivity contribution in [2.45, 2.75) is 50.5 Å². The molecular formula is C35H31BrN2O6. The van der Waals surface area contributed by atoms with Crippen LogP contribution in [0.5, 0.6) is 5.75 Å². The summed E-state index contributed by atoms with van der Waals surface area (Å²) < 4.78 is 6.71. The average molecular weight is 656 g/mol. The van der Waals surface area contributed by atoms with E-state index >= 15 is 0 Å². The molecule has 4 saturated carbocycles. The van der Waals surface area contributed by atoms with Crippen molar-refractivity contribution in [1.82, 2.24) is 5.32 Å². The number of aromatic carboxylic acids is 1. The summed E-state index contributed by atoms with van der Waals surface area (Å²) in [5, 5.41) is 11.4. The number of anilines is 1. The van der Waals surface area contributed by atoms with Crippen molar-refractivity contribution in [2.75, 3.05) is 4.90 Å². The van der Waals surface area contributed by atoms with Gasteiger partial charge in [0.15, 0.2) is 0 Å². The molecule has 9 heteroatoms. The van der Waals surface area contributed by atoms with Crippen molar-refractivity contribution in [1.29, 1.82) is 0 Å². The molecule has 5 fully saturated rings. The molecule has 0 aromatic heterocycles. The Morgan fingerprint density at radius 2 is 1.57 bits per heavy atom. The lowest BCUT2D eigenvalue weighted by molar-refractivity contribution is -0.122. The Morgan fingerprint density at radius 3 is 2.18 bits per heavy atom. The van der Waals surface area contributed by atoms with Gasteiger partial charge in [0.05, 0.1) is 11.3 Å². The van der Waals surface area contributed by atoms with Crippen molar-refractivity contribution in [3.63, 3.8) is 0 Å². The highest BCUT2D eigenvalue weighted by molar-refractivity contribution is 9.10. The molecule has 8 nitrogen and oxygen atoms in total. The number of imide groups is 2. The van der Waals surface area contributed by atoms with Crippen LogP contribution in [0.15, 0.2) is 76.8 Å². The molecule has 1 heterocycles. The fourth-order valence-electron chi connectivity index (χ4n) is 8.14. The molecule has 0 unspecified atom stereocenters. The lowest BCUT2D eigenvalue weighted by atomic mass is 9.48. The molecule has 4 aliphatic carbocycles. The highest BCUT2D eigenvalue weighted by Crippen LogP contribution is 2.60. The summed E-state index contributed by atoms with van der Waals surface area (Å²) in [6.07, 6.45) is 9.14. The third kappa shape index (κ3) is 5.23. The Balaban J connectivity index is 1.13. The van der Waals surface area contributed by atoms with E-state index < -0.39 is 23.8 Å². The number of halogens is 1. The van der Waals surface area contributed by atoms with E-state index in [1.807, 2.05) is 12.1 Å². The van der Waals surface area contributed by atoms with E-state index in [0.717, 1.165) is 28.2 Å². The number of nitrogens with one attached hydrogen (secondary N) is 1. The first kappa shape index (κ1) is 28.5. The normalized spacial score (nSPS) is 26.7. The first-order valence-electron chi connectivity index (χ1n) is 14.9. The molecule has 3 aromatic carbocycles. The van der Waals surface area contributed by atoms with Crippen LogP contribution in [-0.2, 0) is 21.6 Å². The molecule has 0 radical (unpaired) electrons. The molecule has 1 saturated heterocycles. The first-order valence-corrected chi connectivity index (χ1v) is 15.7. The largest absolute Gasteiger partial charge is 0.488 e. The zero-order chi connectivity index (χ0) is 30.6. The van der Waals surface area contributed by atoms with Crippen LogP contribution in [-0.4, -0.2) is 28.9 Å². The SMILES string of the molecule is O=C1NC(=O)N(c2ccc(C34CC5CC(CC(C5)C3)C4)cc2)C(=O)/C1=C/c1cc(Br)ccc1OCc1ccc(C(=O)O)cc1. The first-order chi connectivity index (χ1) is 21.2. The number of urea groups is 1. The van der Waals surface area contributed by atoms with Gasteiger partial charge in [-0.25, -0.2) is 14.5 Å². The van der Waals surface area contributed by atoms with Crippen LogP contribution in [0.2, 0.25) is 0 Å². The van der Waals surface area contributed by atoms with E-state index in [1.165, 1.54) is 62.3 Å². The molecule has 8 rings (SSSR count). The smallest absolute Gasteiger partial charge is 0.335 e. The molecule has 1 aliphatic heterocycles. The maximum absolute atomic E-state index is 13.7. The quantitative estimate of drug-likeness (QED) is 0.213. The lowest BCUT2D eigenvalue weighted by Gasteiger charge is -2.57. The predicted molar refractivity (Wildman–Crippen MR) is 167 cm³/mol. The Morgan fingerprint density at radius 1 is 0.932 bits per heavy atom. The molecular weight excluding hydrogens is 624 g/mol. The maximum atomic E-state index is 13.7. The zero-order valence-electron chi connectivity index (χ0n) is 23.9. The van der Waals surface area contributed by atoms with Crippen molar-refractivity contribution >= 4 is 51.5 Å². The molecule has 44 heavy (non-hydrogen) atoms. The van der Waals surface area contributed by atoms with Gasteiger partial charge in [0, 0.05) is 10.0 Å². The molecule has 5 aliphatic rings. The number of nitrogens with zero attached hydrogens (tertiary/aromatic N) is 1. The molecule has 4 amide bonds. The minimum Gasteiger partial charge on any atom is -0.488 e. The van der Waals surface area contributed by atoms with Gasteiger partial charge >= 0.3 is 12.0 Å². The second-order valence-corrected chi connectivity index (χ2v) is 13.6. The van der Waals surface area contributed by atoms with Crippen LogP contribution < -0.4 is 15.0 Å². The third-order valence-electron chi connectivity index (χ3n) is 9.74. The van der Waals surface area contributed by atoms with Crippen molar-refractivity contribution in [2.24, 2.45) is 17.8 Å². The molecule has 0 atom stereocenters. The highest BCUT2D eigenvalue weighted by Gasteiger charge is 2.51. The fraction of sp³-hybridized carbons (Fsp3) is 0.314. The highest BCUT2D eigenvalue weighted by atomic mass is 79.9. The number of carboxylic acid groups (broad SMARTS) is 1. The van der Waals surface area contributed by atoms with Crippen molar-refractivity contribution in [3.05, 3.63) is 99.0 Å². The lowest BCUT2D eigenvalue weighted by Crippen LogP contribution is -2.54. The van der Waals surface area contributed by atoms with Gasteiger partial charge < -0.3 is 9.84 Å². The molecule has 224 valence electrons. The van der Waals surface area contributed by atoms with E-state index in [9.17, 15) is 19.2 Å². The number of hydrogen-bond donors (Lipinski definition) is 2. The number of rotatable bonds is 7. The summed E-state index contributed by atoms with van der Waals surface area (Å²) in [6, 6.07) is 18.5. The number of amides is 4. The van der Waals surface area contributed by atoms with Crippen LogP contribution in [0.25, 0.3) is 6.08 Å². The van der Waals surface area contributed by atoms with Crippen LogP contribution in [0.1, 0.15) is 65.6 Å². The van der Waals surface area contributed by atoms with Crippen LogP contribution in [0.4, 0.5) is 10.5 Å². The number of carboxylic acids is 1.